The zero-order valence-electron chi connectivity index (χ0n) is 7.53. The molecule has 0 fully saturated rings. The molecule has 0 heterocycles. The zero-order chi connectivity index (χ0) is 9.84. The molecular formula is C9H11F2NO. The first-order valence-corrected chi connectivity index (χ1v) is 3.96. The minimum Gasteiger partial charge on any atom is -0.494 e. The van der Waals surface area contributed by atoms with E-state index in [1.54, 1.807) is 0 Å². The van der Waals surface area contributed by atoms with E-state index < -0.39 is 11.6 Å². The minimum absolute atomic E-state index is 0.0841. The lowest BCUT2D eigenvalue weighted by atomic mass is 10.2. The smallest absolute Gasteiger partial charge is 0.202 e. The Hall–Kier alpha value is -1.32. The quantitative estimate of drug-likeness (QED) is 0.784. The second-order valence-electron chi connectivity index (χ2n) is 2.47. The van der Waals surface area contributed by atoms with Gasteiger partial charge in [0.2, 0.25) is 5.82 Å². The molecule has 0 amide bonds. The van der Waals surface area contributed by atoms with Crippen LogP contribution in [0.5, 0.6) is 5.75 Å². The van der Waals surface area contributed by atoms with E-state index in [-0.39, 0.29) is 11.4 Å². The summed E-state index contributed by atoms with van der Waals surface area (Å²) in [5, 5.41) is 2.70. The molecule has 1 N–H and O–H groups in total. The highest BCUT2D eigenvalue weighted by atomic mass is 19.2. The molecule has 0 atom stereocenters. The van der Waals surface area contributed by atoms with E-state index in [1.165, 1.54) is 19.2 Å². The molecule has 0 radical (unpaired) electrons. The van der Waals surface area contributed by atoms with Crippen LogP contribution < -0.4 is 10.1 Å². The first kappa shape index (κ1) is 9.77. The Kier molecular flexibility index (Phi) is 3.06. The van der Waals surface area contributed by atoms with Crippen LogP contribution in [-0.4, -0.2) is 13.7 Å². The number of hydrogen-bond donors (Lipinski definition) is 1. The molecule has 0 aliphatic heterocycles. The van der Waals surface area contributed by atoms with E-state index >= 15 is 0 Å². The second-order valence-corrected chi connectivity index (χ2v) is 2.47. The summed E-state index contributed by atoms with van der Waals surface area (Å²) >= 11 is 0. The molecule has 72 valence electrons. The lowest BCUT2D eigenvalue weighted by Gasteiger charge is -2.07. The van der Waals surface area contributed by atoms with Gasteiger partial charge < -0.3 is 10.1 Å². The second kappa shape index (κ2) is 4.07. The molecule has 1 rings (SSSR count). The van der Waals surface area contributed by atoms with Crippen LogP contribution in [0.4, 0.5) is 14.5 Å². The molecule has 0 aromatic heterocycles. The van der Waals surface area contributed by atoms with Gasteiger partial charge in [-0.25, -0.2) is 4.39 Å². The van der Waals surface area contributed by atoms with Crippen molar-refractivity contribution in [1.29, 1.82) is 0 Å². The number of methoxy groups -OCH3 is 1. The topological polar surface area (TPSA) is 21.3 Å². The molecule has 0 bridgehead atoms. The number of nitrogens with one attached hydrogen (secondary N) is 1. The third-order valence-electron chi connectivity index (χ3n) is 1.63. The predicted molar refractivity (Wildman–Crippen MR) is 47.1 cm³/mol. The van der Waals surface area contributed by atoms with E-state index in [9.17, 15) is 8.78 Å². The highest BCUT2D eigenvalue weighted by Crippen LogP contribution is 2.25. The van der Waals surface area contributed by atoms with Crippen molar-refractivity contribution in [3.05, 3.63) is 23.8 Å². The van der Waals surface area contributed by atoms with Crippen molar-refractivity contribution in [3.63, 3.8) is 0 Å². The largest absolute Gasteiger partial charge is 0.494 e. The van der Waals surface area contributed by atoms with E-state index in [2.05, 4.69) is 10.1 Å². The van der Waals surface area contributed by atoms with E-state index in [4.69, 9.17) is 0 Å². The van der Waals surface area contributed by atoms with Crippen molar-refractivity contribution in [2.24, 2.45) is 0 Å². The van der Waals surface area contributed by atoms with Crippen LogP contribution in [0.2, 0.25) is 0 Å². The van der Waals surface area contributed by atoms with Gasteiger partial charge in [0, 0.05) is 6.54 Å². The minimum atomic E-state index is -0.957. The summed E-state index contributed by atoms with van der Waals surface area (Å²) in [7, 11) is 1.30. The van der Waals surface area contributed by atoms with Crippen LogP contribution in [0.25, 0.3) is 0 Å². The molecule has 1 aromatic rings. The van der Waals surface area contributed by atoms with Gasteiger partial charge in [0.25, 0.3) is 0 Å². The van der Waals surface area contributed by atoms with E-state index in [0.29, 0.717) is 6.54 Å². The number of anilines is 1. The lowest BCUT2D eigenvalue weighted by Crippen LogP contribution is -2.02. The Morgan fingerprint density at radius 1 is 1.31 bits per heavy atom. The van der Waals surface area contributed by atoms with Crippen LogP contribution in [0.15, 0.2) is 12.1 Å². The van der Waals surface area contributed by atoms with Gasteiger partial charge in [0.15, 0.2) is 11.6 Å². The van der Waals surface area contributed by atoms with Crippen molar-refractivity contribution < 1.29 is 13.5 Å². The maximum atomic E-state index is 13.1. The lowest BCUT2D eigenvalue weighted by molar-refractivity contribution is 0.372. The Morgan fingerprint density at radius 3 is 2.54 bits per heavy atom. The monoisotopic (exact) mass is 187 g/mol. The Labute approximate surface area is 75.5 Å². The average molecular weight is 187 g/mol. The fourth-order valence-electron chi connectivity index (χ4n) is 1.02. The Balaban J connectivity index is 3.07. The molecule has 1 aromatic carbocycles. The highest BCUT2D eigenvalue weighted by molar-refractivity contribution is 5.48. The van der Waals surface area contributed by atoms with Gasteiger partial charge >= 0.3 is 0 Å². The van der Waals surface area contributed by atoms with Crippen molar-refractivity contribution in [3.8, 4) is 5.75 Å². The highest BCUT2D eigenvalue weighted by Gasteiger charge is 2.12. The molecular weight excluding hydrogens is 176 g/mol. The van der Waals surface area contributed by atoms with Gasteiger partial charge in [-0.3, -0.25) is 0 Å². The number of benzene rings is 1. The SMILES string of the molecule is CCNc1ccc(OC)c(F)c1F. The predicted octanol–water partition coefficient (Wildman–Crippen LogP) is 2.41. The molecule has 0 aliphatic carbocycles. The van der Waals surface area contributed by atoms with Crippen LogP contribution in [0.1, 0.15) is 6.92 Å². The molecule has 4 heteroatoms. The molecule has 0 unspecified atom stereocenters. The average Bonchev–Trinajstić information content (AvgIpc) is 2.14. The van der Waals surface area contributed by atoms with Crippen LogP contribution >= 0.6 is 0 Å². The van der Waals surface area contributed by atoms with Gasteiger partial charge in [-0.15, -0.1) is 0 Å². The fourth-order valence-corrected chi connectivity index (χ4v) is 1.02. The maximum absolute atomic E-state index is 13.1. The third kappa shape index (κ3) is 1.88. The number of ether oxygens (including phenoxy) is 1. The molecule has 0 saturated heterocycles. The summed E-state index contributed by atoms with van der Waals surface area (Å²) in [4.78, 5) is 0. The summed E-state index contributed by atoms with van der Waals surface area (Å²) < 4.78 is 30.8. The summed E-state index contributed by atoms with van der Waals surface area (Å²) in [6, 6.07) is 2.83. The molecule has 0 saturated carbocycles. The van der Waals surface area contributed by atoms with Crippen molar-refractivity contribution in [2.45, 2.75) is 6.92 Å². The number of hydrogen-bond acceptors (Lipinski definition) is 2. The summed E-state index contributed by atoms with van der Waals surface area (Å²) in [5.74, 6) is -1.94. The fraction of sp³-hybridized carbons (Fsp3) is 0.333. The van der Waals surface area contributed by atoms with Gasteiger partial charge in [-0.1, -0.05) is 0 Å². The molecule has 0 spiro atoms. The van der Waals surface area contributed by atoms with Crippen molar-refractivity contribution >= 4 is 5.69 Å². The first-order valence-electron chi connectivity index (χ1n) is 3.96. The van der Waals surface area contributed by atoms with Crippen LogP contribution in [0, 0.1) is 11.6 Å². The normalized spacial score (nSPS) is 9.85. The van der Waals surface area contributed by atoms with Gasteiger partial charge in [-0.05, 0) is 19.1 Å². The van der Waals surface area contributed by atoms with Crippen LogP contribution in [0.3, 0.4) is 0 Å². The van der Waals surface area contributed by atoms with Gasteiger partial charge in [0.1, 0.15) is 0 Å². The Morgan fingerprint density at radius 2 is 2.00 bits per heavy atom. The first-order chi connectivity index (χ1) is 6.20. The van der Waals surface area contributed by atoms with Gasteiger partial charge in [-0.2, -0.15) is 4.39 Å². The zero-order valence-corrected chi connectivity index (χ0v) is 7.53. The van der Waals surface area contributed by atoms with E-state index in [0.717, 1.165) is 0 Å². The number of halogens is 2. The molecule has 0 aliphatic rings. The van der Waals surface area contributed by atoms with Crippen molar-refractivity contribution in [2.75, 3.05) is 19.0 Å². The molecule has 13 heavy (non-hydrogen) atoms. The van der Waals surface area contributed by atoms with E-state index in [1.807, 2.05) is 6.92 Å². The van der Waals surface area contributed by atoms with Crippen LogP contribution in [-0.2, 0) is 0 Å². The Bertz CT molecular complexity index is 302. The summed E-state index contributed by atoms with van der Waals surface area (Å²) in [5.41, 5.74) is 0.154. The standard InChI is InChI=1S/C9H11F2NO/c1-3-12-6-4-5-7(13-2)9(11)8(6)10/h4-5,12H,3H2,1-2H3. The third-order valence-corrected chi connectivity index (χ3v) is 1.63. The molecule has 2 nitrogen and oxygen atoms in total. The summed E-state index contributed by atoms with van der Waals surface area (Å²) in [6.07, 6.45) is 0. The maximum Gasteiger partial charge on any atom is 0.202 e. The van der Waals surface area contributed by atoms with Crippen molar-refractivity contribution in [1.82, 2.24) is 0 Å². The van der Waals surface area contributed by atoms with Gasteiger partial charge in [0.05, 0.1) is 12.8 Å². The summed E-state index contributed by atoms with van der Waals surface area (Å²) in [6.45, 7) is 2.35. The number of rotatable bonds is 3.